The van der Waals surface area contributed by atoms with Gasteiger partial charge in [-0.25, -0.2) is 4.79 Å². The van der Waals surface area contributed by atoms with Gasteiger partial charge >= 0.3 is 5.97 Å². The SMILES string of the molecule is Cc1ccccc1C[C@H](CS)C(=O)NC[C@H](O)C(=O)O. The number of thiol groups is 1. The third kappa shape index (κ3) is 4.86. The van der Waals surface area contributed by atoms with Crippen molar-refractivity contribution < 1.29 is 19.8 Å². The molecule has 1 rings (SSSR count). The summed E-state index contributed by atoms with van der Waals surface area (Å²) in [5, 5.41) is 20.1. The molecule has 20 heavy (non-hydrogen) atoms. The first-order valence-electron chi connectivity index (χ1n) is 6.29. The zero-order valence-electron chi connectivity index (χ0n) is 11.2. The van der Waals surface area contributed by atoms with Gasteiger partial charge < -0.3 is 15.5 Å². The van der Waals surface area contributed by atoms with Crippen LogP contribution in [0.3, 0.4) is 0 Å². The van der Waals surface area contributed by atoms with E-state index >= 15 is 0 Å². The molecule has 0 heterocycles. The highest BCUT2D eigenvalue weighted by Crippen LogP contribution is 2.14. The van der Waals surface area contributed by atoms with Crippen LogP contribution in [0.15, 0.2) is 24.3 Å². The molecule has 110 valence electrons. The molecule has 0 fully saturated rings. The molecule has 1 aromatic carbocycles. The summed E-state index contributed by atoms with van der Waals surface area (Å²) in [6, 6.07) is 7.75. The lowest BCUT2D eigenvalue weighted by Gasteiger charge is -2.16. The minimum atomic E-state index is -1.59. The van der Waals surface area contributed by atoms with Gasteiger partial charge in [0.15, 0.2) is 6.10 Å². The van der Waals surface area contributed by atoms with Crippen LogP contribution in [0.1, 0.15) is 11.1 Å². The number of aliphatic hydroxyl groups excluding tert-OH is 1. The molecule has 0 unspecified atom stereocenters. The van der Waals surface area contributed by atoms with E-state index in [1.165, 1.54) is 0 Å². The van der Waals surface area contributed by atoms with Gasteiger partial charge in [0, 0.05) is 5.75 Å². The zero-order valence-corrected chi connectivity index (χ0v) is 12.1. The average Bonchev–Trinajstić information content (AvgIpc) is 2.43. The fourth-order valence-corrected chi connectivity index (χ4v) is 2.07. The van der Waals surface area contributed by atoms with Crippen LogP contribution in [0.5, 0.6) is 0 Å². The summed E-state index contributed by atoms with van der Waals surface area (Å²) in [6.07, 6.45) is -1.05. The maximum atomic E-state index is 12.0. The Morgan fingerprint density at radius 1 is 1.35 bits per heavy atom. The number of benzene rings is 1. The van der Waals surface area contributed by atoms with Crippen LogP contribution in [0.25, 0.3) is 0 Å². The summed E-state index contributed by atoms with van der Waals surface area (Å²) in [6.45, 7) is 1.67. The minimum absolute atomic E-state index is 0.299. The van der Waals surface area contributed by atoms with Crippen molar-refractivity contribution in [3.05, 3.63) is 35.4 Å². The Hall–Kier alpha value is -1.53. The van der Waals surface area contributed by atoms with Gasteiger partial charge in [-0.15, -0.1) is 0 Å². The first-order chi connectivity index (χ1) is 9.45. The molecule has 0 saturated heterocycles. The first-order valence-corrected chi connectivity index (χ1v) is 6.93. The fourth-order valence-electron chi connectivity index (χ4n) is 1.77. The molecular weight excluding hydrogens is 278 g/mol. The molecule has 0 aromatic heterocycles. The highest BCUT2D eigenvalue weighted by atomic mass is 32.1. The quantitative estimate of drug-likeness (QED) is 0.557. The van der Waals surface area contributed by atoms with E-state index in [0.29, 0.717) is 12.2 Å². The largest absolute Gasteiger partial charge is 0.479 e. The molecule has 1 amide bonds. The van der Waals surface area contributed by atoms with Gasteiger partial charge in [-0.3, -0.25) is 4.79 Å². The normalized spacial score (nSPS) is 13.6. The summed E-state index contributed by atoms with van der Waals surface area (Å²) in [5.41, 5.74) is 2.15. The Morgan fingerprint density at radius 2 is 2.00 bits per heavy atom. The highest BCUT2D eigenvalue weighted by molar-refractivity contribution is 7.80. The number of carbonyl (C=O) groups excluding carboxylic acids is 1. The van der Waals surface area contributed by atoms with Crippen molar-refractivity contribution in [2.45, 2.75) is 19.4 Å². The second-order valence-corrected chi connectivity index (χ2v) is 4.97. The van der Waals surface area contributed by atoms with Gasteiger partial charge in [-0.2, -0.15) is 12.6 Å². The number of carboxylic acid groups (broad SMARTS) is 1. The van der Waals surface area contributed by atoms with Crippen molar-refractivity contribution in [1.29, 1.82) is 0 Å². The van der Waals surface area contributed by atoms with Gasteiger partial charge in [0.1, 0.15) is 0 Å². The molecule has 0 saturated carbocycles. The van der Waals surface area contributed by atoms with Crippen LogP contribution >= 0.6 is 12.6 Å². The summed E-state index contributed by atoms with van der Waals surface area (Å²) >= 11 is 4.16. The molecule has 2 atom stereocenters. The molecule has 0 aliphatic rings. The lowest BCUT2D eigenvalue weighted by atomic mass is 9.96. The predicted molar refractivity (Wildman–Crippen MR) is 78.9 cm³/mol. The molecule has 5 nitrogen and oxygen atoms in total. The zero-order chi connectivity index (χ0) is 15.1. The minimum Gasteiger partial charge on any atom is -0.479 e. The second kappa shape index (κ2) is 7.91. The van der Waals surface area contributed by atoms with Gasteiger partial charge in [-0.1, -0.05) is 24.3 Å². The van der Waals surface area contributed by atoms with Crippen molar-refractivity contribution in [2.24, 2.45) is 5.92 Å². The van der Waals surface area contributed by atoms with E-state index in [-0.39, 0.29) is 18.4 Å². The number of aliphatic hydroxyl groups is 1. The summed E-state index contributed by atoms with van der Waals surface area (Å²) in [4.78, 5) is 22.4. The Morgan fingerprint density at radius 3 is 2.55 bits per heavy atom. The van der Waals surface area contributed by atoms with E-state index in [9.17, 15) is 9.59 Å². The van der Waals surface area contributed by atoms with Crippen LogP contribution < -0.4 is 5.32 Å². The lowest BCUT2D eigenvalue weighted by molar-refractivity contribution is -0.146. The maximum Gasteiger partial charge on any atom is 0.334 e. The Balaban J connectivity index is 2.60. The van der Waals surface area contributed by atoms with Gasteiger partial charge in [-0.05, 0) is 24.5 Å². The van der Waals surface area contributed by atoms with Gasteiger partial charge in [0.05, 0.1) is 12.5 Å². The van der Waals surface area contributed by atoms with E-state index in [1.54, 1.807) is 0 Å². The van der Waals surface area contributed by atoms with Crippen LogP contribution in [-0.2, 0) is 16.0 Å². The number of nitrogens with one attached hydrogen (secondary N) is 1. The third-order valence-corrected chi connectivity index (χ3v) is 3.51. The summed E-state index contributed by atoms with van der Waals surface area (Å²) < 4.78 is 0. The number of hydrogen-bond donors (Lipinski definition) is 4. The van der Waals surface area contributed by atoms with Gasteiger partial charge in [0.25, 0.3) is 0 Å². The smallest absolute Gasteiger partial charge is 0.334 e. The standard InChI is InChI=1S/C14H19NO4S/c1-9-4-2-3-5-10(9)6-11(8-20)13(17)15-7-12(16)14(18)19/h2-5,11-12,16,20H,6-8H2,1H3,(H,15,17)(H,18,19)/t11-,12+/m1/s1. The molecule has 3 N–H and O–H groups in total. The van der Waals surface area contributed by atoms with E-state index in [1.807, 2.05) is 31.2 Å². The number of aliphatic carboxylic acids is 1. The Labute approximate surface area is 123 Å². The summed E-state index contributed by atoms with van der Waals surface area (Å²) in [7, 11) is 0. The van der Waals surface area contributed by atoms with Crippen molar-refractivity contribution in [2.75, 3.05) is 12.3 Å². The van der Waals surface area contributed by atoms with E-state index in [4.69, 9.17) is 10.2 Å². The lowest BCUT2D eigenvalue weighted by Crippen LogP contribution is -2.40. The molecule has 0 radical (unpaired) electrons. The number of aryl methyl sites for hydroxylation is 1. The number of rotatable bonds is 7. The molecule has 0 bridgehead atoms. The third-order valence-electron chi connectivity index (χ3n) is 3.07. The predicted octanol–water partition coefficient (Wildman–Crippen LogP) is 0.645. The van der Waals surface area contributed by atoms with Crippen molar-refractivity contribution in [3.63, 3.8) is 0 Å². The monoisotopic (exact) mass is 297 g/mol. The topological polar surface area (TPSA) is 86.6 Å². The molecule has 6 heteroatoms. The van der Waals surface area contributed by atoms with Crippen molar-refractivity contribution in [1.82, 2.24) is 5.32 Å². The average molecular weight is 297 g/mol. The number of carboxylic acids is 1. The molecule has 1 aromatic rings. The fraction of sp³-hybridized carbons (Fsp3) is 0.429. The van der Waals surface area contributed by atoms with Crippen LogP contribution in [0.2, 0.25) is 0 Å². The molecule has 0 aliphatic carbocycles. The van der Waals surface area contributed by atoms with Crippen LogP contribution in [0.4, 0.5) is 0 Å². The first kappa shape index (κ1) is 16.5. The maximum absolute atomic E-state index is 12.0. The van der Waals surface area contributed by atoms with E-state index in [0.717, 1.165) is 11.1 Å². The highest BCUT2D eigenvalue weighted by Gasteiger charge is 2.20. The summed E-state index contributed by atoms with van der Waals surface area (Å²) in [5.74, 6) is -1.67. The van der Waals surface area contributed by atoms with Gasteiger partial charge in [0.2, 0.25) is 5.91 Å². The Bertz CT molecular complexity index is 478. The van der Waals surface area contributed by atoms with Crippen molar-refractivity contribution >= 4 is 24.5 Å². The van der Waals surface area contributed by atoms with Crippen LogP contribution in [0, 0.1) is 12.8 Å². The van der Waals surface area contributed by atoms with Crippen LogP contribution in [-0.4, -0.2) is 40.5 Å². The van der Waals surface area contributed by atoms with E-state index < -0.39 is 12.1 Å². The van der Waals surface area contributed by atoms with Crippen molar-refractivity contribution in [3.8, 4) is 0 Å². The number of carbonyl (C=O) groups is 2. The molecular formula is C14H19NO4S. The number of amides is 1. The molecule has 0 aliphatic heterocycles. The second-order valence-electron chi connectivity index (χ2n) is 4.61. The molecule has 0 spiro atoms. The Kier molecular flexibility index (Phi) is 6.54. The van der Waals surface area contributed by atoms with E-state index in [2.05, 4.69) is 17.9 Å². The number of hydrogen-bond acceptors (Lipinski definition) is 4.